The van der Waals surface area contributed by atoms with E-state index in [4.69, 9.17) is 0 Å². The van der Waals surface area contributed by atoms with Crippen LogP contribution in [0, 0.1) is 12.8 Å². The molecule has 2 aromatic rings. The Bertz CT molecular complexity index is 647. The lowest BCUT2D eigenvalue weighted by Gasteiger charge is -2.32. The fourth-order valence-electron chi connectivity index (χ4n) is 3.11. The highest BCUT2D eigenvalue weighted by atomic mass is 16.2. The van der Waals surface area contributed by atoms with Crippen LogP contribution in [0.4, 0.5) is 0 Å². The largest absolute Gasteiger partial charge is 0.337 e. The summed E-state index contributed by atoms with van der Waals surface area (Å²) in [6.07, 6.45) is 6.85. The molecule has 1 amide bonds. The summed E-state index contributed by atoms with van der Waals surface area (Å²) in [5, 5.41) is 4.09. The zero-order valence-corrected chi connectivity index (χ0v) is 13.2. The van der Waals surface area contributed by atoms with Gasteiger partial charge < -0.3 is 4.90 Å². The number of rotatable bonds is 3. The number of aryl methyl sites for hydroxylation is 2. The maximum atomic E-state index is 12.6. The molecule has 1 atom stereocenters. The number of hydrogen-bond donors (Lipinski definition) is 0. The van der Waals surface area contributed by atoms with E-state index in [1.165, 1.54) is 12.0 Å². The number of aromatic nitrogens is 3. The van der Waals surface area contributed by atoms with Gasteiger partial charge in [0, 0.05) is 38.2 Å². The molecule has 1 fully saturated rings. The van der Waals surface area contributed by atoms with Crippen LogP contribution in [0.25, 0.3) is 0 Å². The van der Waals surface area contributed by atoms with Crippen molar-refractivity contribution in [3.63, 3.8) is 0 Å². The van der Waals surface area contributed by atoms with E-state index < -0.39 is 0 Å². The van der Waals surface area contributed by atoms with E-state index in [1.54, 1.807) is 16.9 Å². The summed E-state index contributed by atoms with van der Waals surface area (Å²) in [5.41, 5.74) is 2.96. The van der Waals surface area contributed by atoms with Gasteiger partial charge in [-0.1, -0.05) is 6.07 Å². The molecule has 1 aliphatic heterocycles. The molecule has 5 nitrogen and oxygen atoms in total. The van der Waals surface area contributed by atoms with Gasteiger partial charge >= 0.3 is 0 Å². The summed E-state index contributed by atoms with van der Waals surface area (Å²) < 4.78 is 1.65. The number of likely N-dealkylation sites (tertiary alicyclic amines) is 1. The van der Waals surface area contributed by atoms with E-state index >= 15 is 0 Å². The molecule has 0 spiro atoms. The fourth-order valence-corrected chi connectivity index (χ4v) is 3.11. The molecular weight excluding hydrogens is 276 g/mol. The summed E-state index contributed by atoms with van der Waals surface area (Å²) in [7, 11) is 1.81. The van der Waals surface area contributed by atoms with Gasteiger partial charge in [-0.15, -0.1) is 0 Å². The third-order valence-corrected chi connectivity index (χ3v) is 4.34. The Kier molecular flexibility index (Phi) is 4.22. The minimum Gasteiger partial charge on any atom is -0.337 e. The summed E-state index contributed by atoms with van der Waals surface area (Å²) in [4.78, 5) is 18.9. The Morgan fingerprint density at radius 2 is 2.23 bits per heavy atom. The Labute approximate surface area is 131 Å². The molecule has 3 rings (SSSR count). The number of carbonyl (C=O) groups excluding carboxylic acids is 1. The number of nitrogens with zero attached hydrogens (tertiary/aromatic N) is 4. The predicted molar refractivity (Wildman–Crippen MR) is 84.5 cm³/mol. The average molecular weight is 298 g/mol. The van der Waals surface area contributed by atoms with E-state index in [0.717, 1.165) is 31.6 Å². The van der Waals surface area contributed by atoms with E-state index in [9.17, 15) is 4.79 Å². The maximum Gasteiger partial charge on any atom is 0.272 e. The standard InChI is InChI=1S/C17H22N4O/c1-13-5-6-14(11-18-13)10-15-4-3-9-21(12-15)17(22)16-7-8-19-20(16)2/h5-8,11,15H,3-4,9-10,12H2,1-2H3/t15-/m1/s1. The van der Waals surface area contributed by atoms with Gasteiger partial charge in [0.15, 0.2) is 0 Å². The number of pyridine rings is 1. The van der Waals surface area contributed by atoms with E-state index in [-0.39, 0.29) is 5.91 Å². The van der Waals surface area contributed by atoms with Gasteiger partial charge in [0.05, 0.1) is 0 Å². The average Bonchev–Trinajstić information content (AvgIpc) is 2.95. The molecular formula is C17H22N4O. The summed E-state index contributed by atoms with van der Waals surface area (Å²) in [5.74, 6) is 0.599. The molecule has 22 heavy (non-hydrogen) atoms. The normalized spacial score (nSPS) is 18.5. The minimum atomic E-state index is 0.0896. The van der Waals surface area contributed by atoms with Crippen molar-refractivity contribution in [1.29, 1.82) is 0 Å². The van der Waals surface area contributed by atoms with Crippen LogP contribution in [-0.2, 0) is 13.5 Å². The molecule has 0 aliphatic carbocycles. The Morgan fingerprint density at radius 3 is 2.91 bits per heavy atom. The monoisotopic (exact) mass is 298 g/mol. The smallest absolute Gasteiger partial charge is 0.272 e. The van der Waals surface area contributed by atoms with Crippen molar-refractivity contribution in [2.75, 3.05) is 13.1 Å². The van der Waals surface area contributed by atoms with Gasteiger partial charge in [-0.25, -0.2) is 0 Å². The molecule has 0 aromatic carbocycles. The topological polar surface area (TPSA) is 51.0 Å². The molecule has 1 aliphatic rings. The van der Waals surface area contributed by atoms with Gasteiger partial charge in [0.25, 0.3) is 5.91 Å². The van der Waals surface area contributed by atoms with Crippen LogP contribution in [0.2, 0.25) is 0 Å². The van der Waals surface area contributed by atoms with Gasteiger partial charge in [-0.3, -0.25) is 14.5 Å². The van der Waals surface area contributed by atoms with Crippen LogP contribution in [0.1, 0.15) is 34.6 Å². The lowest BCUT2D eigenvalue weighted by molar-refractivity contribution is 0.0662. The van der Waals surface area contributed by atoms with E-state index in [1.807, 2.05) is 25.1 Å². The maximum absolute atomic E-state index is 12.6. The van der Waals surface area contributed by atoms with Crippen LogP contribution in [0.15, 0.2) is 30.6 Å². The minimum absolute atomic E-state index is 0.0896. The van der Waals surface area contributed by atoms with Crippen LogP contribution in [0.5, 0.6) is 0 Å². The highest BCUT2D eigenvalue weighted by Gasteiger charge is 2.26. The zero-order chi connectivity index (χ0) is 15.5. The molecule has 3 heterocycles. The molecule has 2 aromatic heterocycles. The third kappa shape index (κ3) is 3.18. The fraction of sp³-hybridized carbons (Fsp3) is 0.471. The lowest BCUT2D eigenvalue weighted by atomic mass is 9.91. The van der Waals surface area contributed by atoms with Gasteiger partial charge in [0.1, 0.15) is 5.69 Å². The van der Waals surface area contributed by atoms with Crippen LogP contribution < -0.4 is 0 Å². The van der Waals surface area contributed by atoms with Crippen molar-refractivity contribution < 1.29 is 4.79 Å². The van der Waals surface area contributed by atoms with Crippen molar-refractivity contribution in [2.24, 2.45) is 13.0 Å². The summed E-state index contributed by atoms with van der Waals surface area (Å²) in [6, 6.07) is 5.98. The van der Waals surface area contributed by atoms with Crippen molar-refractivity contribution in [3.8, 4) is 0 Å². The first-order valence-electron chi connectivity index (χ1n) is 7.82. The number of piperidine rings is 1. The number of carbonyl (C=O) groups is 1. The van der Waals surface area contributed by atoms with E-state index in [0.29, 0.717) is 11.6 Å². The van der Waals surface area contributed by atoms with Gasteiger partial charge in [0.2, 0.25) is 0 Å². The van der Waals surface area contributed by atoms with Crippen molar-refractivity contribution in [2.45, 2.75) is 26.2 Å². The molecule has 1 saturated heterocycles. The molecule has 0 unspecified atom stereocenters. The Hall–Kier alpha value is -2.17. The quantitative estimate of drug-likeness (QED) is 0.873. The molecule has 0 bridgehead atoms. The molecule has 0 saturated carbocycles. The molecule has 116 valence electrons. The van der Waals surface area contributed by atoms with Gasteiger partial charge in [-0.2, -0.15) is 5.10 Å². The summed E-state index contributed by atoms with van der Waals surface area (Å²) >= 11 is 0. The number of hydrogen-bond acceptors (Lipinski definition) is 3. The Morgan fingerprint density at radius 1 is 1.36 bits per heavy atom. The van der Waals surface area contributed by atoms with Crippen LogP contribution in [0.3, 0.4) is 0 Å². The second-order valence-corrected chi connectivity index (χ2v) is 6.11. The second kappa shape index (κ2) is 6.30. The van der Waals surface area contributed by atoms with Crippen molar-refractivity contribution >= 4 is 5.91 Å². The van der Waals surface area contributed by atoms with E-state index in [2.05, 4.69) is 22.2 Å². The predicted octanol–water partition coefficient (Wildman–Crippen LogP) is 2.22. The highest BCUT2D eigenvalue weighted by molar-refractivity contribution is 5.92. The zero-order valence-electron chi connectivity index (χ0n) is 13.2. The van der Waals surface area contributed by atoms with Crippen molar-refractivity contribution in [1.82, 2.24) is 19.7 Å². The molecule has 0 radical (unpaired) electrons. The highest BCUT2D eigenvalue weighted by Crippen LogP contribution is 2.22. The first-order valence-corrected chi connectivity index (χ1v) is 7.82. The Balaban J connectivity index is 1.65. The molecule has 0 N–H and O–H groups in total. The molecule has 5 heteroatoms. The van der Waals surface area contributed by atoms with Crippen LogP contribution in [-0.4, -0.2) is 38.7 Å². The second-order valence-electron chi connectivity index (χ2n) is 6.11. The lowest BCUT2D eigenvalue weighted by Crippen LogP contribution is -2.41. The first kappa shape index (κ1) is 14.8. The van der Waals surface area contributed by atoms with Crippen LogP contribution >= 0.6 is 0 Å². The SMILES string of the molecule is Cc1ccc(C[C@H]2CCCN(C(=O)c3ccnn3C)C2)cn1. The first-order chi connectivity index (χ1) is 10.6. The van der Waals surface area contributed by atoms with Gasteiger partial charge in [-0.05, 0) is 49.8 Å². The summed E-state index contributed by atoms with van der Waals surface area (Å²) in [6.45, 7) is 3.66. The van der Waals surface area contributed by atoms with Crippen molar-refractivity contribution in [3.05, 3.63) is 47.5 Å². The third-order valence-electron chi connectivity index (χ3n) is 4.34. The number of amides is 1.